The third-order valence-corrected chi connectivity index (χ3v) is 2.63. The van der Waals surface area contributed by atoms with Gasteiger partial charge in [-0.3, -0.25) is 4.79 Å². The molecule has 0 unspecified atom stereocenters. The number of imidazole rings is 1. The SMILES string of the molecule is Cc1nc2cc(NC(=O)CC#N)ccc2n1C. The fraction of sp³-hybridized carbons (Fsp3) is 0.250. The monoisotopic (exact) mass is 228 g/mol. The largest absolute Gasteiger partial charge is 0.331 e. The van der Waals surface area contributed by atoms with Gasteiger partial charge < -0.3 is 9.88 Å². The van der Waals surface area contributed by atoms with Crippen molar-refractivity contribution >= 4 is 22.6 Å². The Labute approximate surface area is 98.7 Å². The van der Waals surface area contributed by atoms with Gasteiger partial charge >= 0.3 is 0 Å². The summed E-state index contributed by atoms with van der Waals surface area (Å²) in [6.07, 6.45) is -0.140. The summed E-state index contributed by atoms with van der Waals surface area (Å²) < 4.78 is 1.98. The Morgan fingerprint density at radius 3 is 3.06 bits per heavy atom. The maximum Gasteiger partial charge on any atom is 0.238 e. The molecule has 86 valence electrons. The lowest BCUT2D eigenvalue weighted by Crippen LogP contribution is -2.09. The second-order valence-corrected chi connectivity index (χ2v) is 3.80. The molecule has 0 fully saturated rings. The number of benzene rings is 1. The van der Waals surface area contributed by atoms with Gasteiger partial charge in [-0.25, -0.2) is 4.98 Å². The average molecular weight is 228 g/mol. The van der Waals surface area contributed by atoms with Gasteiger partial charge in [-0.1, -0.05) is 0 Å². The predicted molar refractivity (Wildman–Crippen MR) is 64.3 cm³/mol. The highest BCUT2D eigenvalue weighted by atomic mass is 16.1. The van der Waals surface area contributed by atoms with Crippen molar-refractivity contribution in [3.05, 3.63) is 24.0 Å². The zero-order valence-corrected chi connectivity index (χ0v) is 9.69. The van der Waals surface area contributed by atoms with E-state index in [1.165, 1.54) is 0 Å². The van der Waals surface area contributed by atoms with Gasteiger partial charge in [0.05, 0.1) is 17.1 Å². The first-order chi connectivity index (χ1) is 8.11. The summed E-state index contributed by atoms with van der Waals surface area (Å²) in [7, 11) is 1.94. The van der Waals surface area contributed by atoms with E-state index >= 15 is 0 Å². The maximum absolute atomic E-state index is 11.3. The maximum atomic E-state index is 11.3. The Balaban J connectivity index is 2.33. The lowest BCUT2D eigenvalue weighted by atomic mass is 10.2. The molecule has 1 aromatic heterocycles. The number of rotatable bonds is 2. The molecule has 1 heterocycles. The highest BCUT2D eigenvalue weighted by molar-refractivity contribution is 5.94. The molecule has 1 amide bonds. The smallest absolute Gasteiger partial charge is 0.238 e. The summed E-state index contributed by atoms with van der Waals surface area (Å²) >= 11 is 0. The zero-order valence-electron chi connectivity index (χ0n) is 9.69. The van der Waals surface area contributed by atoms with Crippen LogP contribution < -0.4 is 5.32 Å². The topological polar surface area (TPSA) is 70.7 Å². The molecule has 2 rings (SSSR count). The van der Waals surface area contributed by atoms with E-state index in [0.29, 0.717) is 5.69 Å². The first kappa shape index (κ1) is 11.1. The van der Waals surface area contributed by atoms with Gasteiger partial charge in [0.2, 0.25) is 5.91 Å². The summed E-state index contributed by atoms with van der Waals surface area (Å²) in [6, 6.07) is 7.31. The van der Waals surface area contributed by atoms with Gasteiger partial charge in [0.15, 0.2) is 0 Å². The van der Waals surface area contributed by atoms with Crippen LogP contribution in [-0.4, -0.2) is 15.5 Å². The van der Waals surface area contributed by atoms with Crippen LogP contribution in [-0.2, 0) is 11.8 Å². The van der Waals surface area contributed by atoms with Crippen molar-refractivity contribution in [2.45, 2.75) is 13.3 Å². The predicted octanol–water partition coefficient (Wildman–Crippen LogP) is 1.73. The lowest BCUT2D eigenvalue weighted by molar-refractivity contribution is -0.115. The van der Waals surface area contributed by atoms with Gasteiger partial charge in [-0.2, -0.15) is 5.26 Å². The molecule has 0 bridgehead atoms. The van der Waals surface area contributed by atoms with E-state index in [-0.39, 0.29) is 12.3 Å². The van der Waals surface area contributed by atoms with E-state index < -0.39 is 0 Å². The minimum atomic E-state index is -0.306. The number of nitrogens with one attached hydrogen (secondary N) is 1. The van der Waals surface area contributed by atoms with Gasteiger partial charge in [0, 0.05) is 12.7 Å². The molecule has 0 saturated heterocycles. The number of nitriles is 1. The highest BCUT2D eigenvalue weighted by Crippen LogP contribution is 2.19. The molecule has 1 aromatic carbocycles. The molecule has 2 aromatic rings. The van der Waals surface area contributed by atoms with E-state index in [1.54, 1.807) is 18.2 Å². The Morgan fingerprint density at radius 2 is 2.35 bits per heavy atom. The second kappa shape index (κ2) is 4.26. The van der Waals surface area contributed by atoms with Gasteiger partial charge in [0.1, 0.15) is 12.2 Å². The quantitative estimate of drug-likeness (QED) is 0.850. The Morgan fingerprint density at radius 1 is 1.59 bits per heavy atom. The molecule has 0 spiro atoms. The van der Waals surface area contributed by atoms with Gasteiger partial charge in [-0.05, 0) is 25.1 Å². The number of carbonyl (C=O) groups excluding carboxylic acids is 1. The standard InChI is InChI=1S/C12H12N4O/c1-8-14-10-7-9(15-12(17)5-6-13)3-4-11(10)16(8)2/h3-4,7H,5H2,1-2H3,(H,15,17). The average Bonchev–Trinajstić information content (AvgIpc) is 2.55. The Hall–Kier alpha value is -2.35. The van der Waals surface area contributed by atoms with Crippen LogP contribution in [0.2, 0.25) is 0 Å². The number of amides is 1. The Kier molecular flexibility index (Phi) is 2.79. The van der Waals surface area contributed by atoms with Gasteiger partial charge in [0.25, 0.3) is 0 Å². The Bertz CT molecular complexity index is 621. The molecule has 0 radical (unpaired) electrons. The van der Waals surface area contributed by atoms with Crippen molar-refractivity contribution in [2.24, 2.45) is 7.05 Å². The number of aryl methyl sites for hydroxylation is 2. The van der Waals surface area contributed by atoms with Crippen LogP contribution in [0.4, 0.5) is 5.69 Å². The van der Waals surface area contributed by atoms with Crippen LogP contribution in [0, 0.1) is 18.3 Å². The van der Waals surface area contributed by atoms with E-state index in [9.17, 15) is 4.79 Å². The summed E-state index contributed by atoms with van der Waals surface area (Å²) in [4.78, 5) is 15.6. The number of hydrogen-bond donors (Lipinski definition) is 1. The molecule has 0 aliphatic heterocycles. The van der Waals surface area contributed by atoms with Crippen molar-refractivity contribution in [3.8, 4) is 6.07 Å². The molecule has 1 N–H and O–H groups in total. The number of anilines is 1. The van der Waals surface area contributed by atoms with Crippen molar-refractivity contribution in [3.63, 3.8) is 0 Å². The van der Waals surface area contributed by atoms with Crippen molar-refractivity contribution in [2.75, 3.05) is 5.32 Å². The minimum absolute atomic E-state index is 0.140. The summed E-state index contributed by atoms with van der Waals surface area (Å²) in [5.41, 5.74) is 2.51. The number of fused-ring (bicyclic) bond motifs is 1. The fourth-order valence-electron chi connectivity index (χ4n) is 1.67. The number of carbonyl (C=O) groups is 1. The number of nitrogens with zero attached hydrogens (tertiary/aromatic N) is 3. The molecule has 17 heavy (non-hydrogen) atoms. The van der Waals surface area contributed by atoms with Crippen molar-refractivity contribution < 1.29 is 4.79 Å². The third kappa shape index (κ3) is 2.11. The van der Waals surface area contributed by atoms with E-state index in [1.807, 2.05) is 24.6 Å². The summed E-state index contributed by atoms with van der Waals surface area (Å²) in [6.45, 7) is 1.92. The lowest BCUT2D eigenvalue weighted by Gasteiger charge is -2.02. The first-order valence-corrected chi connectivity index (χ1v) is 5.21. The van der Waals surface area contributed by atoms with Gasteiger partial charge in [-0.15, -0.1) is 0 Å². The minimum Gasteiger partial charge on any atom is -0.331 e. The molecule has 0 aliphatic carbocycles. The molecule has 5 nitrogen and oxygen atoms in total. The highest BCUT2D eigenvalue weighted by Gasteiger charge is 2.06. The van der Waals surface area contributed by atoms with E-state index in [0.717, 1.165) is 16.9 Å². The summed E-state index contributed by atoms with van der Waals surface area (Å²) in [5, 5.41) is 11.1. The van der Waals surface area contributed by atoms with Crippen molar-refractivity contribution in [1.29, 1.82) is 5.26 Å². The second-order valence-electron chi connectivity index (χ2n) is 3.80. The van der Waals surface area contributed by atoms with Crippen LogP contribution in [0.3, 0.4) is 0 Å². The third-order valence-electron chi connectivity index (χ3n) is 2.63. The van der Waals surface area contributed by atoms with Crippen molar-refractivity contribution in [1.82, 2.24) is 9.55 Å². The molecular weight excluding hydrogens is 216 g/mol. The van der Waals surface area contributed by atoms with E-state index in [2.05, 4.69) is 10.3 Å². The number of aromatic nitrogens is 2. The van der Waals surface area contributed by atoms with Crippen LogP contribution in [0.25, 0.3) is 11.0 Å². The molecule has 5 heteroatoms. The van der Waals surface area contributed by atoms with Crippen LogP contribution in [0.1, 0.15) is 12.2 Å². The van der Waals surface area contributed by atoms with E-state index in [4.69, 9.17) is 5.26 Å². The van der Waals surface area contributed by atoms with Crippen LogP contribution in [0.5, 0.6) is 0 Å². The molecular formula is C12H12N4O. The number of hydrogen-bond acceptors (Lipinski definition) is 3. The van der Waals surface area contributed by atoms with Crippen LogP contribution in [0.15, 0.2) is 18.2 Å². The molecule has 0 saturated carbocycles. The fourth-order valence-corrected chi connectivity index (χ4v) is 1.67. The molecule has 0 atom stereocenters. The molecule has 0 aliphatic rings. The zero-order chi connectivity index (χ0) is 12.4. The first-order valence-electron chi connectivity index (χ1n) is 5.21. The van der Waals surface area contributed by atoms with Crippen LogP contribution >= 0.6 is 0 Å². The summed E-state index contributed by atoms with van der Waals surface area (Å²) in [5.74, 6) is 0.611. The normalized spacial score (nSPS) is 10.2.